The fourth-order valence-electron chi connectivity index (χ4n) is 3.66. The van der Waals surface area contributed by atoms with E-state index >= 15 is 0 Å². The molecule has 24 heavy (non-hydrogen) atoms. The van der Waals surface area contributed by atoms with Gasteiger partial charge in [-0.3, -0.25) is 0 Å². The molecule has 2 N–H and O–H groups in total. The first-order valence-corrected chi connectivity index (χ1v) is 8.63. The van der Waals surface area contributed by atoms with Crippen molar-refractivity contribution in [2.75, 3.05) is 20.2 Å². The number of fused-ring (bicyclic) bond motifs is 1. The molecule has 0 saturated heterocycles. The highest BCUT2D eigenvalue weighted by molar-refractivity contribution is 5.74. The number of likely N-dealkylation sites (N-methyl/N-ethyl adjacent to an activating group) is 1. The molecule has 0 radical (unpaired) electrons. The Bertz CT molecular complexity index is 602. The largest absolute Gasteiger partial charge is 0.493 e. The summed E-state index contributed by atoms with van der Waals surface area (Å²) in [7, 11) is 1.70. The Morgan fingerprint density at radius 1 is 1.42 bits per heavy atom. The standard InChI is InChI=1S/C18H25FN2O3/c1-21(12-18(23)8-2-3-9-18)17(22)20-15-5-4-10-24-16-11-13(19)6-7-14(15)16/h6-7,11,15,23H,2-5,8-10,12H2,1H3,(H,20,22). The molecule has 132 valence electrons. The van der Waals surface area contributed by atoms with Gasteiger partial charge in [0, 0.05) is 18.7 Å². The van der Waals surface area contributed by atoms with Gasteiger partial charge in [-0.25, -0.2) is 9.18 Å². The number of rotatable bonds is 3. The molecule has 1 fully saturated rings. The Kier molecular flexibility index (Phi) is 4.94. The lowest BCUT2D eigenvalue weighted by Gasteiger charge is -2.30. The minimum Gasteiger partial charge on any atom is -0.493 e. The van der Waals surface area contributed by atoms with E-state index in [1.54, 1.807) is 18.0 Å². The predicted molar refractivity (Wildman–Crippen MR) is 88.4 cm³/mol. The van der Waals surface area contributed by atoms with Crippen LogP contribution in [0.4, 0.5) is 9.18 Å². The molecule has 1 aromatic carbocycles. The molecule has 0 spiro atoms. The third-order valence-corrected chi connectivity index (χ3v) is 4.96. The van der Waals surface area contributed by atoms with Gasteiger partial charge in [0.1, 0.15) is 11.6 Å². The summed E-state index contributed by atoms with van der Waals surface area (Å²) in [6.07, 6.45) is 5.01. The number of aliphatic hydroxyl groups is 1. The number of nitrogens with zero attached hydrogens (tertiary/aromatic N) is 1. The van der Waals surface area contributed by atoms with Gasteiger partial charge in [-0.05, 0) is 31.7 Å². The van der Waals surface area contributed by atoms with Gasteiger partial charge < -0.3 is 20.1 Å². The molecule has 5 nitrogen and oxygen atoms in total. The van der Waals surface area contributed by atoms with Crippen molar-refractivity contribution in [3.63, 3.8) is 0 Å². The number of ether oxygens (including phenoxy) is 1. The maximum Gasteiger partial charge on any atom is 0.317 e. The van der Waals surface area contributed by atoms with E-state index in [1.165, 1.54) is 12.1 Å². The summed E-state index contributed by atoms with van der Waals surface area (Å²) in [5, 5.41) is 13.5. The Balaban J connectivity index is 1.67. The van der Waals surface area contributed by atoms with Gasteiger partial charge >= 0.3 is 6.03 Å². The summed E-state index contributed by atoms with van der Waals surface area (Å²) < 4.78 is 19.0. The first kappa shape index (κ1) is 17.0. The highest BCUT2D eigenvalue weighted by Crippen LogP contribution is 2.33. The molecule has 6 heteroatoms. The molecule has 1 saturated carbocycles. The lowest BCUT2D eigenvalue weighted by Crippen LogP contribution is -2.46. The molecule has 1 unspecified atom stereocenters. The van der Waals surface area contributed by atoms with E-state index < -0.39 is 5.60 Å². The number of benzene rings is 1. The third-order valence-electron chi connectivity index (χ3n) is 4.96. The quantitative estimate of drug-likeness (QED) is 0.892. The van der Waals surface area contributed by atoms with Crippen LogP contribution < -0.4 is 10.1 Å². The molecule has 3 rings (SSSR count). The van der Waals surface area contributed by atoms with Crippen LogP contribution in [-0.4, -0.2) is 41.8 Å². The second-order valence-electron chi connectivity index (χ2n) is 6.96. The van der Waals surface area contributed by atoms with Crippen molar-refractivity contribution in [2.45, 2.75) is 50.2 Å². The zero-order valence-electron chi connectivity index (χ0n) is 14.1. The predicted octanol–water partition coefficient (Wildman–Crippen LogP) is 2.99. The average molecular weight is 336 g/mol. The van der Waals surface area contributed by atoms with Crippen molar-refractivity contribution >= 4 is 6.03 Å². The molecule has 0 bridgehead atoms. The number of hydrogen-bond acceptors (Lipinski definition) is 3. The molecule has 1 atom stereocenters. The molecule has 2 amide bonds. The molecule has 0 aromatic heterocycles. The van der Waals surface area contributed by atoms with Gasteiger partial charge in [-0.1, -0.05) is 18.9 Å². The SMILES string of the molecule is CN(CC1(O)CCCC1)C(=O)NC1CCCOc2cc(F)ccc21. The van der Waals surface area contributed by atoms with Crippen molar-refractivity contribution in [3.8, 4) is 5.75 Å². The minimum atomic E-state index is -0.764. The van der Waals surface area contributed by atoms with Gasteiger partial charge in [0.15, 0.2) is 0 Å². The third kappa shape index (κ3) is 3.80. The van der Waals surface area contributed by atoms with E-state index in [1.807, 2.05) is 0 Å². The fraction of sp³-hybridized carbons (Fsp3) is 0.611. The minimum absolute atomic E-state index is 0.212. The van der Waals surface area contributed by atoms with Crippen molar-refractivity contribution in [1.82, 2.24) is 10.2 Å². The van der Waals surface area contributed by atoms with Crippen LogP contribution in [-0.2, 0) is 0 Å². The first-order valence-electron chi connectivity index (χ1n) is 8.63. The summed E-state index contributed by atoms with van der Waals surface area (Å²) >= 11 is 0. The molecule has 1 aliphatic carbocycles. The molecule has 2 aliphatic rings. The summed E-state index contributed by atoms with van der Waals surface area (Å²) in [5.41, 5.74) is 0.0369. The fourth-order valence-corrected chi connectivity index (χ4v) is 3.66. The number of amides is 2. The number of hydrogen-bond donors (Lipinski definition) is 2. The van der Waals surface area contributed by atoms with Crippen LogP contribution in [0.25, 0.3) is 0 Å². The topological polar surface area (TPSA) is 61.8 Å². The van der Waals surface area contributed by atoms with E-state index in [4.69, 9.17) is 4.74 Å². The van der Waals surface area contributed by atoms with Gasteiger partial charge in [-0.2, -0.15) is 0 Å². The van der Waals surface area contributed by atoms with Gasteiger partial charge in [0.05, 0.1) is 24.8 Å². The number of carbonyl (C=O) groups excluding carboxylic acids is 1. The Labute approximate surface area is 141 Å². The summed E-state index contributed by atoms with van der Waals surface area (Å²) in [5.74, 6) is 0.149. The average Bonchev–Trinajstić information content (AvgIpc) is 2.86. The zero-order valence-corrected chi connectivity index (χ0v) is 14.1. The first-order chi connectivity index (χ1) is 11.5. The van der Waals surface area contributed by atoms with E-state index in [0.717, 1.165) is 44.1 Å². The summed E-state index contributed by atoms with van der Waals surface area (Å²) in [6.45, 7) is 0.844. The number of halogens is 1. The Morgan fingerprint density at radius 2 is 2.17 bits per heavy atom. The molecule has 1 heterocycles. The van der Waals surface area contributed by atoms with Crippen LogP contribution in [0.3, 0.4) is 0 Å². The number of carbonyl (C=O) groups is 1. The second kappa shape index (κ2) is 6.97. The highest BCUT2D eigenvalue weighted by atomic mass is 19.1. The van der Waals surface area contributed by atoms with Gasteiger partial charge in [0.25, 0.3) is 0 Å². The van der Waals surface area contributed by atoms with Gasteiger partial charge in [-0.15, -0.1) is 0 Å². The summed E-state index contributed by atoms with van der Waals surface area (Å²) in [4.78, 5) is 14.1. The Morgan fingerprint density at radius 3 is 2.92 bits per heavy atom. The maximum absolute atomic E-state index is 13.4. The molecule has 1 aliphatic heterocycles. The van der Waals surface area contributed by atoms with E-state index in [0.29, 0.717) is 18.9 Å². The smallest absolute Gasteiger partial charge is 0.317 e. The molecule has 1 aromatic rings. The van der Waals surface area contributed by atoms with Crippen molar-refractivity contribution < 1.29 is 19.0 Å². The van der Waals surface area contributed by atoms with Crippen molar-refractivity contribution in [1.29, 1.82) is 0 Å². The van der Waals surface area contributed by atoms with Crippen LogP contribution in [0, 0.1) is 5.82 Å². The lowest BCUT2D eigenvalue weighted by atomic mass is 10.0. The van der Waals surface area contributed by atoms with E-state index in [-0.39, 0.29) is 17.9 Å². The van der Waals surface area contributed by atoms with Crippen LogP contribution in [0.2, 0.25) is 0 Å². The number of urea groups is 1. The van der Waals surface area contributed by atoms with Crippen LogP contribution in [0.5, 0.6) is 5.75 Å². The zero-order chi connectivity index (χ0) is 17.2. The van der Waals surface area contributed by atoms with E-state index in [2.05, 4.69) is 5.32 Å². The maximum atomic E-state index is 13.4. The van der Waals surface area contributed by atoms with Crippen LogP contribution in [0.1, 0.15) is 50.1 Å². The highest BCUT2D eigenvalue weighted by Gasteiger charge is 2.34. The van der Waals surface area contributed by atoms with Crippen molar-refractivity contribution in [2.24, 2.45) is 0 Å². The lowest BCUT2D eigenvalue weighted by molar-refractivity contribution is 0.0244. The van der Waals surface area contributed by atoms with Crippen molar-refractivity contribution in [3.05, 3.63) is 29.6 Å². The summed E-state index contributed by atoms with van der Waals surface area (Å²) in [6, 6.07) is 3.99. The molecular weight excluding hydrogens is 311 g/mol. The van der Waals surface area contributed by atoms with Crippen LogP contribution >= 0.6 is 0 Å². The van der Waals surface area contributed by atoms with Crippen LogP contribution in [0.15, 0.2) is 18.2 Å². The normalized spacial score (nSPS) is 22.2. The molecular formula is C18H25FN2O3. The monoisotopic (exact) mass is 336 g/mol. The second-order valence-corrected chi connectivity index (χ2v) is 6.96. The van der Waals surface area contributed by atoms with Gasteiger partial charge in [0.2, 0.25) is 0 Å². The Hall–Kier alpha value is -1.82. The number of nitrogens with one attached hydrogen (secondary N) is 1. The van der Waals surface area contributed by atoms with E-state index in [9.17, 15) is 14.3 Å².